The molecule has 6 heteroatoms. The summed E-state index contributed by atoms with van der Waals surface area (Å²) in [6, 6.07) is 3.91. The molecule has 22 heavy (non-hydrogen) atoms. The number of rotatable bonds is 4. The van der Waals surface area contributed by atoms with E-state index in [9.17, 15) is 0 Å². The van der Waals surface area contributed by atoms with Gasteiger partial charge in [-0.15, -0.1) is 23.1 Å². The van der Waals surface area contributed by atoms with Gasteiger partial charge in [-0.05, 0) is 19.1 Å². The highest BCUT2D eigenvalue weighted by molar-refractivity contribution is 8.01. The lowest BCUT2D eigenvalue weighted by molar-refractivity contribution is 0.0919. The maximum absolute atomic E-state index is 6.05. The van der Waals surface area contributed by atoms with E-state index in [0.29, 0.717) is 10.9 Å². The number of aryl methyl sites for hydroxylation is 1. The summed E-state index contributed by atoms with van der Waals surface area (Å²) in [6.45, 7) is 5.37. The number of aromatic nitrogens is 2. The smallest absolute Gasteiger partial charge is 0.138 e. The third-order valence-corrected chi connectivity index (χ3v) is 6.69. The van der Waals surface area contributed by atoms with Crippen molar-refractivity contribution in [2.24, 2.45) is 0 Å². The largest absolute Gasteiger partial charge is 0.488 e. The molecule has 2 fully saturated rings. The van der Waals surface area contributed by atoms with Gasteiger partial charge in [0.15, 0.2) is 0 Å². The number of thioether (sulfide) groups is 1. The van der Waals surface area contributed by atoms with Crippen molar-refractivity contribution in [2.45, 2.75) is 30.7 Å². The Kier molecular flexibility index (Phi) is 3.84. The fourth-order valence-electron chi connectivity index (χ4n) is 3.25. The molecule has 1 atom stereocenters. The second-order valence-corrected chi connectivity index (χ2v) is 8.59. The number of ether oxygens (including phenoxy) is 1. The molecule has 2 saturated heterocycles. The molecule has 2 aromatic heterocycles. The number of pyridine rings is 1. The van der Waals surface area contributed by atoms with Crippen LogP contribution in [0.15, 0.2) is 29.9 Å². The topological polar surface area (TPSA) is 38.2 Å². The molecular weight excluding hydrogens is 314 g/mol. The first kappa shape index (κ1) is 14.5. The van der Waals surface area contributed by atoms with E-state index in [1.165, 1.54) is 5.01 Å². The van der Waals surface area contributed by atoms with Crippen LogP contribution < -0.4 is 4.74 Å². The third kappa shape index (κ3) is 3.00. The molecule has 0 radical (unpaired) electrons. The monoisotopic (exact) mass is 333 g/mol. The van der Waals surface area contributed by atoms with E-state index in [1.807, 2.05) is 12.1 Å². The summed E-state index contributed by atoms with van der Waals surface area (Å²) in [5.41, 5.74) is 1.13. The molecule has 1 spiro atoms. The average molecular weight is 333 g/mol. The van der Waals surface area contributed by atoms with Gasteiger partial charge in [0.25, 0.3) is 0 Å². The number of hydrogen-bond donors (Lipinski definition) is 0. The van der Waals surface area contributed by atoms with Crippen LogP contribution in [-0.4, -0.2) is 44.6 Å². The molecule has 0 saturated carbocycles. The summed E-state index contributed by atoms with van der Waals surface area (Å²) in [5, 5.41) is 3.37. The van der Waals surface area contributed by atoms with Crippen LogP contribution in [0.5, 0.6) is 5.75 Å². The van der Waals surface area contributed by atoms with Crippen LogP contribution in [0.4, 0.5) is 0 Å². The molecule has 2 aromatic rings. The number of thiazole rings is 1. The fraction of sp³-hybridized carbons (Fsp3) is 0.500. The van der Waals surface area contributed by atoms with Crippen LogP contribution in [0.25, 0.3) is 0 Å². The Bertz CT molecular complexity index is 640. The van der Waals surface area contributed by atoms with Gasteiger partial charge in [0.1, 0.15) is 16.9 Å². The highest BCUT2D eigenvalue weighted by atomic mass is 32.2. The van der Waals surface area contributed by atoms with Crippen molar-refractivity contribution >= 4 is 23.1 Å². The summed E-state index contributed by atoms with van der Waals surface area (Å²) < 4.78 is 6.45. The molecule has 0 amide bonds. The maximum atomic E-state index is 6.05. The third-order valence-electron chi connectivity index (χ3n) is 4.16. The summed E-state index contributed by atoms with van der Waals surface area (Å²) in [7, 11) is 0. The Morgan fingerprint density at radius 1 is 1.45 bits per heavy atom. The zero-order valence-electron chi connectivity index (χ0n) is 12.6. The van der Waals surface area contributed by atoms with Gasteiger partial charge in [-0.1, -0.05) is 0 Å². The minimum Gasteiger partial charge on any atom is -0.488 e. The average Bonchev–Trinajstić information content (AvgIpc) is 3.07. The minimum absolute atomic E-state index is 0.318. The van der Waals surface area contributed by atoms with E-state index in [1.54, 1.807) is 23.7 Å². The molecule has 0 N–H and O–H groups in total. The quantitative estimate of drug-likeness (QED) is 0.860. The molecule has 4 nitrogen and oxygen atoms in total. The molecular formula is C16H19N3OS2. The minimum atomic E-state index is 0.318. The van der Waals surface area contributed by atoms with Crippen molar-refractivity contribution in [3.8, 4) is 5.75 Å². The number of likely N-dealkylation sites (tertiary alicyclic amines) is 1. The van der Waals surface area contributed by atoms with Crippen molar-refractivity contribution in [1.29, 1.82) is 0 Å². The molecule has 4 rings (SSSR count). The van der Waals surface area contributed by atoms with E-state index in [2.05, 4.69) is 38.9 Å². The summed E-state index contributed by atoms with van der Waals surface area (Å²) in [4.78, 5) is 11.2. The second kappa shape index (κ2) is 5.83. The van der Waals surface area contributed by atoms with Crippen LogP contribution in [0.2, 0.25) is 0 Å². The lowest BCUT2D eigenvalue weighted by atomic mass is 9.93. The normalized spacial score (nSPS) is 23.6. The predicted molar refractivity (Wildman–Crippen MR) is 90.6 cm³/mol. The van der Waals surface area contributed by atoms with Gasteiger partial charge in [-0.25, -0.2) is 4.98 Å². The lowest BCUT2D eigenvalue weighted by Crippen LogP contribution is -2.58. The van der Waals surface area contributed by atoms with Crippen molar-refractivity contribution < 1.29 is 4.74 Å². The van der Waals surface area contributed by atoms with Gasteiger partial charge in [0.05, 0.1) is 12.7 Å². The molecule has 2 aliphatic heterocycles. The Morgan fingerprint density at radius 3 is 3.09 bits per heavy atom. The van der Waals surface area contributed by atoms with Crippen molar-refractivity contribution in [2.75, 3.05) is 18.8 Å². The van der Waals surface area contributed by atoms with Crippen molar-refractivity contribution in [3.05, 3.63) is 40.6 Å². The van der Waals surface area contributed by atoms with Gasteiger partial charge in [0, 0.05) is 47.3 Å². The van der Waals surface area contributed by atoms with E-state index < -0.39 is 0 Å². The highest BCUT2D eigenvalue weighted by Crippen LogP contribution is 2.46. The Labute approximate surface area is 138 Å². The van der Waals surface area contributed by atoms with Crippen molar-refractivity contribution in [3.63, 3.8) is 0 Å². The van der Waals surface area contributed by atoms with E-state index in [-0.39, 0.29) is 0 Å². The van der Waals surface area contributed by atoms with E-state index in [0.717, 1.165) is 43.3 Å². The zero-order chi connectivity index (χ0) is 15.0. The molecule has 0 aliphatic carbocycles. The van der Waals surface area contributed by atoms with Gasteiger partial charge in [0.2, 0.25) is 0 Å². The first-order valence-corrected chi connectivity index (χ1v) is 9.41. The van der Waals surface area contributed by atoms with Gasteiger partial charge < -0.3 is 4.74 Å². The number of nitrogens with zero attached hydrogens (tertiary/aromatic N) is 3. The fourth-order valence-corrected chi connectivity index (χ4v) is 5.64. The molecule has 0 unspecified atom stereocenters. The van der Waals surface area contributed by atoms with E-state index in [4.69, 9.17) is 4.74 Å². The maximum Gasteiger partial charge on any atom is 0.138 e. The van der Waals surface area contributed by atoms with Gasteiger partial charge >= 0.3 is 0 Å². The summed E-state index contributed by atoms with van der Waals surface area (Å²) in [6.07, 6.45) is 5.04. The first-order chi connectivity index (χ1) is 10.7. The van der Waals surface area contributed by atoms with Crippen LogP contribution in [-0.2, 0) is 6.54 Å². The second-order valence-electron chi connectivity index (χ2n) is 6.15. The molecule has 0 aromatic carbocycles. The number of hydrogen-bond acceptors (Lipinski definition) is 6. The Balaban J connectivity index is 1.29. The molecule has 2 aliphatic rings. The van der Waals surface area contributed by atoms with Crippen LogP contribution in [0.1, 0.15) is 17.1 Å². The molecule has 116 valence electrons. The predicted octanol–water partition coefficient (Wildman–Crippen LogP) is 2.99. The molecule has 0 bridgehead atoms. The summed E-state index contributed by atoms with van der Waals surface area (Å²) >= 11 is 3.84. The standard InChI is InChI=1S/C16H19N3OS2/c1-12-8-21-15(18-12)7-19-10-16(11-19)5-14(9-22-16)20-13-3-2-4-17-6-13/h2-4,6,8,14H,5,7,9-11H2,1H3/t14-/m1/s1. The SMILES string of the molecule is Cc1csc(CN2CC3(C[C@@H](Oc4cccnc4)CS3)C2)n1. The zero-order valence-corrected chi connectivity index (χ0v) is 14.2. The van der Waals surface area contributed by atoms with Gasteiger partial charge in [-0.3, -0.25) is 9.88 Å². The van der Waals surface area contributed by atoms with Crippen molar-refractivity contribution in [1.82, 2.24) is 14.9 Å². The summed E-state index contributed by atoms with van der Waals surface area (Å²) in [5.74, 6) is 1.97. The Morgan fingerprint density at radius 2 is 2.36 bits per heavy atom. The molecule has 4 heterocycles. The highest BCUT2D eigenvalue weighted by Gasteiger charge is 2.49. The first-order valence-electron chi connectivity index (χ1n) is 7.55. The van der Waals surface area contributed by atoms with E-state index >= 15 is 0 Å². The van der Waals surface area contributed by atoms with Crippen LogP contribution >= 0.6 is 23.1 Å². The lowest BCUT2D eigenvalue weighted by Gasteiger charge is -2.47. The van der Waals surface area contributed by atoms with Gasteiger partial charge in [-0.2, -0.15) is 0 Å². The van der Waals surface area contributed by atoms with Crippen LogP contribution in [0, 0.1) is 6.92 Å². The Hall–Kier alpha value is -1.11. The van der Waals surface area contributed by atoms with Crippen LogP contribution in [0.3, 0.4) is 0 Å².